The van der Waals surface area contributed by atoms with Crippen molar-refractivity contribution in [3.63, 3.8) is 0 Å². The van der Waals surface area contributed by atoms with Gasteiger partial charge in [-0.3, -0.25) is 9.59 Å². The number of aryl methyl sites for hydroxylation is 1. The van der Waals surface area contributed by atoms with Crippen LogP contribution in [0.15, 0.2) is 36.4 Å². The van der Waals surface area contributed by atoms with E-state index in [1.807, 2.05) is 20.8 Å². The average Bonchev–Trinajstić information content (AvgIpc) is 2.70. The van der Waals surface area contributed by atoms with E-state index in [-0.39, 0.29) is 25.0 Å². The lowest BCUT2D eigenvalue weighted by atomic mass is 10.1. The molecule has 0 aliphatic rings. The zero-order chi connectivity index (χ0) is 22.3. The third-order valence-corrected chi connectivity index (χ3v) is 5.75. The molecule has 0 heterocycles. The first kappa shape index (κ1) is 24.3. The van der Waals surface area contributed by atoms with E-state index in [1.54, 1.807) is 36.4 Å². The Morgan fingerprint density at radius 3 is 2.30 bits per heavy atom. The van der Waals surface area contributed by atoms with Crippen molar-refractivity contribution in [1.82, 2.24) is 10.2 Å². The van der Waals surface area contributed by atoms with Gasteiger partial charge in [0.05, 0.1) is 0 Å². The monoisotopic (exact) mass is 470 g/mol. The lowest BCUT2D eigenvalue weighted by Gasteiger charge is -2.31. The molecule has 0 bridgehead atoms. The summed E-state index contributed by atoms with van der Waals surface area (Å²) in [6, 6.07) is 9.61. The summed E-state index contributed by atoms with van der Waals surface area (Å²) in [7, 11) is 0. The number of nitrogens with zero attached hydrogens (tertiary/aromatic N) is 1. The number of amides is 2. The first-order valence-corrected chi connectivity index (χ1v) is 10.8. The number of ether oxygens (including phenoxy) is 1. The second-order valence-electron chi connectivity index (χ2n) is 6.74. The van der Waals surface area contributed by atoms with Gasteiger partial charge >= 0.3 is 0 Å². The SMILES string of the molecule is CCNC(=O)[C@@H](CC)N(Cc1c(Cl)cccc1Cl)C(=O)COc1ccc(Cl)c(C)c1. The number of likely N-dealkylation sites (N-methyl/N-ethyl adjacent to an activating group) is 1. The molecule has 30 heavy (non-hydrogen) atoms. The molecule has 0 aliphatic carbocycles. The van der Waals surface area contributed by atoms with Gasteiger partial charge in [-0.1, -0.05) is 47.8 Å². The van der Waals surface area contributed by atoms with Crippen molar-refractivity contribution in [2.75, 3.05) is 13.2 Å². The number of carbonyl (C=O) groups excluding carboxylic acids is 2. The van der Waals surface area contributed by atoms with E-state index < -0.39 is 6.04 Å². The summed E-state index contributed by atoms with van der Waals surface area (Å²) in [5.74, 6) is -0.0670. The minimum absolute atomic E-state index is 0.0932. The van der Waals surface area contributed by atoms with Crippen molar-refractivity contribution in [2.24, 2.45) is 0 Å². The predicted molar refractivity (Wildman–Crippen MR) is 121 cm³/mol. The fraction of sp³-hybridized carbons (Fsp3) is 0.364. The summed E-state index contributed by atoms with van der Waals surface area (Å²) in [5.41, 5.74) is 1.43. The average molecular weight is 472 g/mol. The summed E-state index contributed by atoms with van der Waals surface area (Å²) in [6.07, 6.45) is 0.430. The number of nitrogens with one attached hydrogen (secondary N) is 1. The van der Waals surface area contributed by atoms with E-state index >= 15 is 0 Å². The summed E-state index contributed by atoms with van der Waals surface area (Å²) in [4.78, 5) is 27.2. The molecule has 1 N–H and O–H groups in total. The number of hydrogen-bond acceptors (Lipinski definition) is 3. The molecular formula is C22H25Cl3N2O3. The second-order valence-corrected chi connectivity index (χ2v) is 7.96. The molecule has 0 spiro atoms. The molecule has 0 aromatic heterocycles. The number of halogens is 3. The van der Waals surface area contributed by atoms with E-state index in [4.69, 9.17) is 39.5 Å². The summed E-state index contributed by atoms with van der Waals surface area (Å²) in [6.45, 7) is 5.84. The van der Waals surface area contributed by atoms with Crippen LogP contribution in [-0.4, -0.2) is 35.9 Å². The van der Waals surface area contributed by atoms with Crippen molar-refractivity contribution >= 4 is 46.6 Å². The Hall–Kier alpha value is -1.95. The maximum Gasteiger partial charge on any atom is 0.261 e. The van der Waals surface area contributed by atoms with Gasteiger partial charge in [0.2, 0.25) is 5.91 Å². The molecule has 1 atom stereocenters. The van der Waals surface area contributed by atoms with Crippen LogP contribution in [0.3, 0.4) is 0 Å². The molecule has 162 valence electrons. The number of rotatable bonds is 9. The molecule has 0 aliphatic heterocycles. The number of benzene rings is 2. The van der Waals surface area contributed by atoms with Gasteiger partial charge in [-0.15, -0.1) is 0 Å². The number of carbonyl (C=O) groups is 2. The topological polar surface area (TPSA) is 58.6 Å². The fourth-order valence-corrected chi connectivity index (χ4v) is 3.63. The Morgan fingerprint density at radius 1 is 1.07 bits per heavy atom. The van der Waals surface area contributed by atoms with Crippen LogP contribution in [0.25, 0.3) is 0 Å². The standard InChI is InChI=1S/C22H25Cl3N2O3/c1-4-20(22(29)26-5-2)27(12-16-18(24)7-6-8-19(16)25)21(28)13-30-15-9-10-17(23)14(3)11-15/h6-11,20H,4-5,12-13H2,1-3H3,(H,26,29)/t20-/m1/s1. The van der Waals surface area contributed by atoms with Gasteiger partial charge in [0.15, 0.2) is 6.61 Å². The molecule has 2 aromatic rings. The van der Waals surface area contributed by atoms with Crippen LogP contribution in [0.2, 0.25) is 15.1 Å². The van der Waals surface area contributed by atoms with Gasteiger partial charge in [-0.05, 0) is 56.2 Å². The molecular weight excluding hydrogens is 447 g/mol. The molecule has 0 fully saturated rings. The van der Waals surface area contributed by atoms with E-state index in [0.717, 1.165) is 5.56 Å². The molecule has 2 amide bonds. The van der Waals surface area contributed by atoms with Crippen LogP contribution in [0.4, 0.5) is 0 Å². The molecule has 0 saturated heterocycles. The highest BCUT2D eigenvalue weighted by Gasteiger charge is 2.29. The van der Waals surface area contributed by atoms with Gasteiger partial charge in [-0.25, -0.2) is 0 Å². The molecule has 2 rings (SSSR count). The third kappa shape index (κ3) is 6.27. The van der Waals surface area contributed by atoms with E-state index in [2.05, 4.69) is 5.32 Å². The minimum Gasteiger partial charge on any atom is -0.484 e. The summed E-state index contributed by atoms with van der Waals surface area (Å²) in [5, 5.41) is 4.26. The molecule has 0 unspecified atom stereocenters. The Labute approximate surface area is 192 Å². The molecule has 8 heteroatoms. The molecule has 0 radical (unpaired) electrons. The van der Waals surface area contributed by atoms with Crippen molar-refractivity contribution < 1.29 is 14.3 Å². The van der Waals surface area contributed by atoms with E-state index in [9.17, 15) is 9.59 Å². The quantitative estimate of drug-likeness (QED) is 0.541. The van der Waals surface area contributed by atoms with Crippen LogP contribution in [0.1, 0.15) is 31.4 Å². The molecule has 0 saturated carbocycles. The van der Waals surface area contributed by atoms with Crippen LogP contribution >= 0.6 is 34.8 Å². The van der Waals surface area contributed by atoms with Crippen LogP contribution < -0.4 is 10.1 Å². The normalized spacial score (nSPS) is 11.7. The summed E-state index contributed by atoms with van der Waals surface area (Å²) >= 11 is 18.6. The fourth-order valence-electron chi connectivity index (χ4n) is 3.00. The second kappa shape index (κ2) is 11.4. The van der Waals surface area contributed by atoms with Crippen molar-refractivity contribution in [2.45, 2.75) is 39.8 Å². The zero-order valence-corrected chi connectivity index (χ0v) is 19.4. The molecule has 5 nitrogen and oxygen atoms in total. The Balaban J connectivity index is 2.27. The summed E-state index contributed by atoms with van der Waals surface area (Å²) < 4.78 is 5.67. The van der Waals surface area contributed by atoms with Gasteiger partial charge < -0.3 is 15.0 Å². The van der Waals surface area contributed by atoms with Gasteiger partial charge in [0, 0.05) is 33.7 Å². The first-order chi connectivity index (χ1) is 14.3. The van der Waals surface area contributed by atoms with E-state index in [0.29, 0.717) is 39.3 Å². The lowest BCUT2D eigenvalue weighted by molar-refractivity contribution is -0.142. The highest BCUT2D eigenvalue weighted by atomic mass is 35.5. The molecule has 2 aromatic carbocycles. The van der Waals surface area contributed by atoms with Crippen molar-refractivity contribution in [1.29, 1.82) is 0 Å². The third-order valence-electron chi connectivity index (χ3n) is 4.62. The smallest absolute Gasteiger partial charge is 0.261 e. The predicted octanol–water partition coefficient (Wildman–Crippen LogP) is 5.28. The zero-order valence-electron chi connectivity index (χ0n) is 17.2. The number of hydrogen-bond donors (Lipinski definition) is 1. The minimum atomic E-state index is -0.680. The Morgan fingerprint density at radius 2 is 1.73 bits per heavy atom. The van der Waals surface area contributed by atoms with E-state index in [1.165, 1.54) is 4.90 Å². The maximum absolute atomic E-state index is 13.1. The first-order valence-electron chi connectivity index (χ1n) is 9.67. The lowest BCUT2D eigenvalue weighted by Crippen LogP contribution is -2.50. The van der Waals surface area contributed by atoms with Crippen LogP contribution in [-0.2, 0) is 16.1 Å². The Kier molecular flexibility index (Phi) is 9.28. The van der Waals surface area contributed by atoms with Gasteiger partial charge in [-0.2, -0.15) is 0 Å². The van der Waals surface area contributed by atoms with Gasteiger partial charge in [0.1, 0.15) is 11.8 Å². The largest absolute Gasteiger partial charge is 0.484 e. The highest BCUT2D eigenvalue weighted by molar-refractivity contribution is 6.36. The van der Waals surface area contributed by atoms with Crippen molar-refractivity contribution in [3.8, 4) is 5.75 Å². The Bertz CT molecular complexity index is 885. The van der Waals surface area contributed by atoms with Crippen molar-refractivity contribution in [3.05, 3.63) is 62.6 Å². The highest BCUT2D eigenvalue weighted by Crippen LogP contribution is 2.27. The van der Waals surface area contributed by atoms with Gasteiger partial charge in [0.25, 0.3) is 5.91 Å². The van der Waals surface area contributed by atoms with Crippen LogP contribution in [0, 0.1) is 6.92 Å². The van der Waals surface area contributed by atoms with Crippen LogP contribution in [0.5, 0.6) is 5.75 Å². The maximum atomic E-state index is 13.1.